The number of hydrogen-bond donors (Lipinski definition) is 0. The molecule has 0 heterocycles. The first-order valence-corrected chi connectivity index (χ1v) is 30.3. The second kappa shape index (κ2) is 58.7. The predicted octanol–water partition coefficient (Wildman–Crippen LogP) is 20.4. The molecule has 0 fully saturated rings. The smallest absolute Gasteiger partial charge is 0.306 e. The van der Waals surface area contributed by atoms with Gasteiger partial charge >= 0.3 is 17.9 Å². The van der Waals surface area contributed by atoms with Gasteiger partial charge in [-0.05, 0) is 103 Å². The largest absolute Gasteiger partial charge is 0.462 e. The van der Waals surface area contributed by atoms with Gasteiger partial charge in [-0.15, -0.1) is 0 Å². The van der Waals surface area contributed by atoms with Crippen LogP contribution in [0.5, 0.6) is 0 Å². The van der Waals surface area contributed by atoms with Gasteiger partial charge in [0.1, 0.15) is 13.2 Å². The Labute approximate surface area is 434 Å². The topological polar surface area (TPSA) is 78.9 Å². The summed E-state index contributed by atoms with van der Waals surface area (Å²) < 4.78 is 16.8. The zero-order valence-electron chi connectivity index (χ0n) is 46.5. The molecule has 0 N–H and O–H groups in total. The van der Waals surface area contributed by atoms with Crippen LogP contribution >= 0.6 is 0 Å². The van der Waals surface area contributed by atoms with Gasteiger partial charge in [0.25, 0.3) is 0 Å². The molecule has 0 aromatic carbocycles. The van der Waals surface area contributed by atoms with Crippen molar-refractivity contribution in [3.63, 3.8) is 0 Å². The normalized spacial score (nSPS) is 12.4. The molecule has 0 aromatic heterocycles. The van der Waals surface area contributed by atoms with E-state index in [1.807, 2.05) is 0 Å². The van der Waals surface area contributed by atoms with Gasteiger partial charge in [0.2, 0.25) is 0 Å². The van der Waals surface area contributed by atoms with E-state index in [0.717, 1.165) is 96.3 Å². The summed E-state index contributed by atoms with van der Waals surface area (Å²) in [5, 5.41) is 0. The molecule has 406 valence electrons. The molecular weight excluding hydrogens is 865 g/mol. The highest BCUT2D eigenvalue weighted by molar-refractivity contribution is 5.71. The van der Waals surface area contributed by atoms with Crippen LogP contribution in [0, 0.1) is 0 Å². The number of carbonyl (C=O) groups is 3. The highest BCUT2D eigenvalue weighted by atomic mass is 16.6. The lowest BCUT2D eigenvalue weighted by Gasteiger charge is -2.18. The van der Waals surface area contributed by atoms with Gasteiger partial charge < -0.3 is 14.2 Å². The number of ether oxygens (including phenoxy) is 3. The van der Waals surface area contributed by atoms with Gasteiger partial charge in [0.05, 0.1) is 0 Å². The van der Waals surface area contributed by atoms with Gasteiger partial charge in [-0.3, -0.25) is 14.4 Å². The van der Waals surface area contributed by atoms with Crippen LogP contribution in [-0.4, -0.2) is 37.2 Å². The maximum absolute atomic E-state index is 12.8. The van der Waals surface area contributed by atoms with Crippen molar-refractivity contribution < 1.29 is 28.6 Å². The van der Waals surface area contributed by atoms with E-state index in [-0.39, 0.29) is 31.1 Å². The van der Waals surface area contributed by atoms with Crippen LogP contribution < -0.4 is 0 Å². The Morgan fingerprint density at radius 3 is 0.886 bits per heavy atom. The van der Waals surface area contributed by atoms with E-state index >= 15 is 0 Å². The van der Waals surface area contributed by atoms with Crippen LogP contribution in [0.25, 0.3) is 0 Å². The van der Waals surface area contributed by atoms with Gasteiger partial charge in [0.15, 0.2) is 6.10 Å². The minimum atomic E-state index is -0.780. The average Bonchev–Trinajstić information content (AvgIpc) is 3.36. The Morgan fingerprint density at radius 1 is 0.286 bits per heavy atom. The van der Waals surface area contributed by atoms with Crippen LogP contribution in [0.2, 0.25) is 0 Å². The van der Waals surface area contributed by atoms with E-state index in [1.54, 1.807) is 0 Å². The first-order chi connectivity index (χ1) is 34.5. The van der Waals surface area contributed by atoms with Crippen molar-refractivity contribution >= 4 is 17.9 Å². The maximum atomic E-state index is 12.8. The fourth-order valence-corrected chi connectivity index (χ4v) is 8.62. The fourth-order valence-electron chi connectivity index (χ4n) is 8.62. The molecule has 0 amide bonds. The molecule has 1 unspecified atom stereocenters. The number of unbranched alkanes of at least 4 members (excludes halogenated alkanes) is 34. The Kier molecular flexibility index (Phi) is 56.3. The van der Waals surface area contributed by atoms with Gasteiger partial charge in [0, 0.05) is 19.3 Å². The van der Waals surface area contributed by atoms with Crippen molar-refractivity contribution in [2.45, 2.75) is 316 Å². The molecule has 0 aliphatic carbocycles. The summed E-state index contributed by atoms with van der Waals surface area (Å²) >= 11 is 0. The standard InChI is InChI=1S/C64H114O6/c1-4-7-10-13-16-19-22-24-25-26-27-28-29-30-31-32-33-34-35-36-37-38-39-41-42-45-48-51-54-57-63(66)69-60-61(59-68-62(65)56-53-50-47-44-21-18-15-12-9-6-3)70-64(67)58-55-52-49-46-43-40-23-20-17-14-11-8-5-2/h12,15,20,22-24,26-27,29-30,61H,4-11,13-14,16-19,21,25,28,31-60H2,1-3H3/b15-12-,23-20-,24-22-,27-26-,30-29-. The number of esters is 3. The molecule has 0 saturated carbocycles. The van der Waals surface area contributed by atoms with Crippen LogP contribution in [0.15, 0.2) is 60.8 Å². The summed E-state index contributed by atoms with van der Waals surface area (Å²) in [6, 6.07) is 0. The number of carbonyl (C=O) groups excluding carboxylic acids is 3. The average molecular weight is 980 g/mol. The maximum Gasteiger partial charge on any atom is 0.306 e. The van der Waals surface area contributed by atoms with E-state index in [1.165, 1.54) is 173 Å². The van der Waals surface area contributed by atoms with Crippen LogP contribution in [0.1, 0.15) is 310 Å². The SMILES string of the molecule is CCC/C=C\CCCCCCCC(=O)OCC(COC(=O)CCCCCCCCCCCCCCCC/C=C\C/C=C\C/C=C\CCCCCCC)OC(=O)CCCCCCC/C=C\CCCCCC. The molecule has 0 aliphatic rings. The monoisotopic (exact) mass is 979 g/mol. The molecule has 0 aliphatic heterocycles. The Morgan fingerprint density at radius 2 is 0.543 bits per heavy atom. The van der Waals surface area contributed by atoms with E-state index < -0.39 is 6.10 Å². The van der Waals surface area contributed by atoms with E-state index in [9.17, 15) is 14.4 Å². The Bertz CT molecular complexity index is 1260. The molecule has 0 bridgehead atoms. The van der Waals surface area contributed by atoms with Crippen molar-refractivity contribution in [2.75, 3.05) is 13.2 Å². The van der Waals surface area contributed by atoms with Crippen molar-refractivity contribution in [1.29, 1.82) is 0 Å². The summed E-state index contributed by atoms with van der Waals surface area (Å²) in [7, 11) is 0. The van der Waals surface area contributed by atoms with Gasteiger partial charge in [-0.1, -0.05) is 248 Å². The van der Waals surface area contributed by atoms with Crippen molar-refractivity contribution in [1.82, 2.24) is 0 Å². The minimum Gasteiger partial charge on any atom is -0.462 e. The number of hydrogen-bond acceptors (Lipinski definition) is 6. The highest BCUT2D eigenvalue weighted by Gasteiger charge is 2.19. The van der Waals surface area contributed by atoms with Crippen LogP contribution in [0.4, 0.5) is 0 Å². The lowest BCUT2D eigenvalue weighted by atomic mass is 10.0. The molecule has 0 radical (unpaired) electrons. The molecule has 6 nitrogen and oxygen atoms in total. The van der Waals surface area contributed by atoms with Crippen molar-refractivity contribution in [3.8, 4) is 0 Å². The van der Waals surface area contributed by atoms with E-state index in [4.69, 9.17) is 14.2 Å². The summed E-state index contributed by atoms with van der Waals surface area (Å²) in [5.74, 6) is -0.890. The summed E-state index contributed by atoms with van der Waals surface area (Å²) in [5.41, 5.74) is 0. The third-order valence-electron chi connectivity index (χ3n) is 13.2. The first kappa shape index (κ1) is 67.1. The highest BCUT2D eigenvalue weighted by Crippen LogP contribution is 2.16. The third kappa shape index (κ3) is 56.0. The van der Waals surface area contributed by atoms with Gasteiger partial charge in [-0.2, -0.15) is 0 Å². The second-order valence-electron chi connectivity index (χ2n) is 20.2. The molecule has 0 spiro atoms. The zero-order chi connectivity index (χ0) is 50.7. The molecule has 0 saturated heterocycles. The molecule has 6 heteroatoms. The summed E-state index contributed by atoms with van der Waals surface area (Å²) in [6.45, 7) is 6.56. The molecule has 0 aromatic rings. The second-order valence-corrected chi connectivity index (χ2v) is 20.2. The Balaban J connectivity index is 4.13. The van der Waals surface area contributed by atoms with E-state index in [2.05, 4.69) is 81.5 Å². The lowest BCUT2D eigenvalue weighted by Crippen LogP contribution is -2.30. The Hall–Kier alpha value is -2.89. The van der Waals surface area contributed by atoms with Crippen molar-refractivity contribution in [3.05, 3.63) is 60.8 Å². The summed E-state index contributed by atoms with van der Waals surface area (Å²) in [6.07, 6.45) is 73.8. The minimum absolute atomic E-state index is 0.0788. The van der Waals surface area contributed by atoms with E-state index in [0.29, 0.717) is 19.3 Å². The quantitative estimate of drug-likeness (QED) is 0.0261. The number of rotatable bonds is 55. The summed E-state index contributed by atoms with van der Waals surface area (Å²) in [4.78, 5) is 38.0. The molecule has 70 heavy (non-hydrogen) atoms. The van der Waals surface area contributed by atoms with Crippen LogP contribution in [-0.2, 0) is 28.6 Å². The molecular formula is C64H114O6. The van der Waals surface area contributed by atoms with Gasteiger partial charge in [-0.25, -0.2) is 0 Å². The lowest BCUT2D eigenvalue weighted by molar-refractivity contribution is -0.167. The number of allylic oxidation sites excluding steroid dienone is 10. The van der Waals surface area contributed by atoms with Crippen molar-refractivity contribution in [2.24, 2.45) is 0 Å². The zero-order valence-corrected chi connectivity index (χ0v) is 46.5. The molecule has 1 atom stereocenters. The third-order valence-corrected chi connectivity index (χ3v) is 13.2. The van der Waals surface area contributed by atoms with Crippen LogP contribution in [0.3, 0.4) is 0 Å². The predicted molar refractivity (Wildman–Crippen MR) is 302 cm³/mol. The first-order valence-electron chi connectivity index (χ1n) is 30.3. The fraction of sp³-hybridized carbons (Fsp3) is 0.797. The molecule has 0 rings (SSSR count).